The second-order valence-corrected chi connectivity index (χ2v) is 7.45. The summed E-state index contributed by atoms with van der Waals surface area (Å²) >= 11 is 1.64. The molecule has 0 aliphatic heterocycles. The molecule has 9 heteroatoms. The predicted octanol–water partition coefficient (Wildman–Crippen LogP) is 1.43. The van der Waals surface area contributed by atoms with Crippen molar-refractivity contribution in [3.05, 3.63) is 34.4 Å². The Morgan fingerprint density at radius 2 is 1.85 bits per heavy atom. The average molecular weight is 383 g/mol. The summed E-state index contributed by atoms with van der Waals surface area (Å²) in [7, 11) is 0. The van der Waals surface area contributed by atoms with E-state index >= 15 is 0 Å². The van der Waals surface area contributed by atoms with Crippen LogP contribution in [0.3, 0.4) is 0 Å². The number of nitro benzene ring substituents is 1. The van der Waals surface area contributed by atoms with Crippen LogP contribution in [0.2, 0.25) is 0 Å². The molecule has 1 aromatic carbocycles. The van der Waals surface area contributed by atoms with E-state index in [0.29, 0.717) is 18.5 Å². The normalized spacial score (nSPS) is 13.1. The maximum Gasteiger partial charge on any atom is 0.278 e. The third-order valence-corrected chi connectivity index (χ3v) is 4.37. The highest BCUT2D eigenvalue weighted by atomic mass is 32.2. The van der Waals surface area contributed by atoms with E-state index in [2.05, 4.69) is 16.4 Å². The number of non-ortho nitro benzene ring substituents is 1. The van der Waals surface area contributed by atoms with Crippen molar-refractivity contribution < 1.29 is 20.2 Å². The number of amides is 2. The first-order valence-corrected chi connectivity index (χ1v) is 9.81. The summed E-state index contributed by atoms with van der Waals surface area (Å²) in [6.45, 7) is 3.93. The third kappa shape index (κ3) is 7.40. The molecule has 0 spiro atoms. The van der Waals surface area contributed by atoms with Crippen molar-refractivity contribution in [2.24, 2.45) is 5.92 Å². The number of anilines is 1. The van der Waals surface area contributed by atoms with Gasteiger partial charge in [0.2, 0.25) is 5.91 Å². The quantitative estimate of drug-likeness (QED) is 0.416. The summed E-state index contributed by atoms with van der Waals surface area (Å²) in [6.07, 6.45) is 3.09. The zero-order valence-electron chi connectivity index (χ0n) is 15.4. The van der Waals surface area contributed by atoms with Gasteiger partial charge in [-0.05, 0) is 36.5 Å². The van der Waals surface area contributed by atoms with Crippen molar-refractivity contribution in [2.45, 2.75) is 38.8 Å². The molecule has 0 saturated carbocycles. The van der Waals surface area contributed by atoms with Gasteiger partial charge in [0.25, 0.3) is 11.6 Å². The predicted molar refractivity (Wildman–Crippen MR) is 103 cm³/mol. The molecule has 2 atom stereocenters. The highest BCUT2D eigenvalue weighted by Gasteiger charge is 2.26. The van der Waals surface area contributed by atoms with E-state index in [-0.39, 0.29) is 23.4 Å². The SMILES string of the molecule is CSCC[C@H]([NH3+])C(=O)N[C@@H](CC(C)C)C(=O)Nc1ccc([N+](=O)[O-])cc1. The van der Waals surface area contributed by atoms with Gasteiger partial charge in [-0.25, -0.2) is 0 Å². The number of nitrogens with zero attached hydrogens (tertiary/aromatic N) is 1. The molecule has 1 aromatic rings. The van der Waals surface area contributed by atoms with E-state index in [1.807, 2.05) is 20.1 Å². The molecule has 0 aliphatic rings. The van der Waals surface area contributed by atoms with Crippen LogP contribution in [0.1, 0.15) is 26.7 Å². The van der Waals surface area contributed by atoms with Crippen LogP contribution in [0, 0.1) is 16.0 Å². The number of nitrogens with one attached hydrogen (secondary N) is 2. The molecule has 0 bridgehead atoms. The summed E-state index contributed by atoms with van der Waals surface area (Å²) in [5.74, 6) is 0.435. The van der Waals surface area contributed by atoms with Crippen molar-refractivity contribution >= 4 is 35.0 Å². The number of thioether (sulfide) groups is 1. The smallest absolute Gasteiger partial charge is 0.278 e. The van der Waals surface area contributed by atoms with Crippen molar-refractivity contribution in [2.75, 3.05) is 17.3 Å². The molecule has 5 N–H and O–H groups in total. The van der Waals surface area contributed by atoms with E-state index in [9.17, 15) is 19.7 Å². The lowest BCUT2D eigenvalue weighted by Crippen LogP contribution is -2.69. The molecular formula is C17H27N4O4S+. The van der Waals surface area contributed by atoms with E-state index in [1.54, 1.807) is 11.8 Å². The van der Waals surface area contributed by atoms with Gasteiger partial charge in [-0.15, -0.1) is 0 Å². The summed E-state index contributed by atoms with van der Waals surface area (Å²) in [5.41, 5.74) is 4.25. The Morgan fingerprint density at radius 1 is 1.23 bits per heavy atom. The van der Waals surface area contributed by atoms with E-state index in [0.717, 1.165) is 5.75 Å². The van der Waals surface area contributed by atoms with Crippen molar-refractivity contribution in [1.82, 2.24) is 5.32 Å². The van der Waals surface area contributed by atoms with Crippen molar-refractivity contribution in [3.8, 4) is 0 Å². The molecule has 8 nitrogen and oxygen atoms in total. The lowest BCUT2D eigenvalue weighted by molar-refractivity contribution is -0.404. The molecule has 0 fully saturated rings. The number of carbonyl (C=O) groups excluding carboxylic acids is 2. The van der Waals surface area contributed by atoms with Crippen LogP contribution in [-0.2, 0) is 9.59 Å². The van der Waals surface area contributed by atoms with Gasteiger partial charge in [-0.1, -0.05) is 13.8 Å². The summed E-state index contributed by atoms with van der Waals surface area (Å²) < 4.78 is 0. The van der Waals surface area contributed by atoms with Crippen LogP contribution >= 0.6 is 11.8 Å². The van der Waals surface area contributed by atoms with Crippen LogP contribution < -0.4 is 16.4 Å². The Morgan fingerprint density at radius 3 is 2.35 bits per heavy atom. The highest BCUT2D eigenvalue weighted by molar-refractivity contribution is 7.98. The molecule has 2 amide bonds. The molecule has 144 valence electrons. The minimum Gasteiger partial charge on any atom is -0.347 e. The minimum absolute atomic E-state index is 0.0521. The van der Waals surface area contributed by atoms with Gasteiger partial charge in [0.1, 0.15) is 6.04 Å². The number of hydrogen-bond donors (Lipinski definition) is 3. The Balaban J connectivity index is 2.76. The molecule has 0 saturated heterocycles. The number of carbonyl (C=O) groups is 2. The lowest BCUT2D eigenvalue weighted by Gasteiger charge is -2.21. The van der Waals surface area contributed by atoms with Crippen LogP contribution in [-0.4, -0.2) is 40.8 Å². The number of nitro groups is 1. The fourth-order valence-electron chi connectivity index (χ4n) is 2.28. The van der Waals surface area contributed by atoms with Gasteiger partial charge >= 0.3 is 0 Å². The molecule has 0 aliphatic carbocycles. The minimum atomic E-state index is -0.684. The molecular weight excluding hydrogens is 356 g/mol. The van der Waals surface area contributed by atoms with Gasteiger partial charge in [0, 0.05) is 24.2 Å². The van der Waals surface area contributed by atoms with E-state index < -0.39 is 17.0 Å². The number of rotatable bonds is 10. The molecule has 0 heterocycles. The number of hydrogen-bond acceptors (Lipinski definition) is 5. The fourth-order valence-corrected chi connectivity index (χ4v) is 2.80. The maximum absolute atomic E-state index is 12.6. The van der Waals surface area contributed by atoms with E-state index in [4.69, 9.17) is 0 Å². The fraction of sp³-hybridized carbons (Fsp3) is 0.529. The second-order valence-electron chi connectivity index (χ2n) is 6.46. The second kappa shape index (κ2) is 10.8. The molecule has 0 unspecified atom stereocenters. The van der Waals surface area contributed by atoms with Crippen LogP contribution in [0.5, 0.6) is 0 Å². The average Bonchev–Trinajstić information content (AvgIpc) is 2.58. The van der Waals surface area contributed by atoms with Crippen LogP contribution in [0.15, 0.2) is 24.3 Å². The standard InChI is InChI=1S/C17H26N4O4S/c1-11(2)10-15(20-16(22)14(18)8-9-26-3)17(23)19-12-4-6-13(7-5-12)21(24)25/h4-7,11,14-15H,8-10,18H2,1-3H3,(H,19,23)(H,20,22)/p+1/t14-,15-/m0/s1. The third-order valence-electron chi connectivity index (χ3n) is 3.73. The Hall–Kier alpha value is -2.13. The molecule has 1 rings (SSSR count). The lowest BCUT2D eigenvalue weighted by atomic mass is 10.0. The zero-order chi connectivity index (χ0) is 19.7. The molecule has 0 aromatic heterocycles. The Kier molecular flexibility index (Phi) is 9.08. The highest BCUT2D eigenvalue weighted by Crippen LogP contribution is 2.16. The van der Waals surface area contributed by atoms with Crippen LogP contribution in [0.25, 0.3) is 0 Å². The monoisotopic (exact) mass is 383 g/mol. The zero-order valence-corrected chi connectivity index (χ0v) is 16.2. The van der Waals surface area contributed by atoms with Gasteiger partial charge in [-0.2, -0.15) is 11.8 Å². The number of benzene rings is 1. The van der Waals surface area contributed by atoms with Gasteiger partial charge in [-0.3, -0.25) is 19.7 Å². The first kappa shape index (κ1) is 21.9. The topological polar surface area (TPSA) is 129 Å². The largest absolute Gasteiger partial charge is 0.347 e. The Bertz CT molecular complexity index is 622. The number of quaternary nitrogens is 1. The summed E-state index contributed by atoms with van der Waals surface area (Å²) in [6, 6.07) is 4.47. The first-order chi connectivity index (χ1) is 12.2. The maximum atomic E-state index is 12.6. The van der Waals surface area contributed by atoms with Gasteiger partial charge in [0.15, 0.2) is 6.04 Å². The van der Waals surface area contributed by atoms with Crippen molar-refractivity contribution in [1.29, 1.82) is 0 Å². The summed E-state index contributed by atoms with van der Waals surface area (Å²) in [5, 5.41) is 16.2. The molecule has 26 heavy (non-hydrogen) atoms. The van der Waals surface area contributed by atoms with Gasteiger partial charge < -0.3 is 16.4 Å². The Labute approximate surface area is 157 Å². The van der Waals surface area contributed by atoms with Crippen molar-refractivity contribution in [3.63, 3.8) is 0 Å². The summed E-state index contributed by atoms with van der Waals surface area (Å²) in [4.78, 5) is 35.0. The van der Waals surface area contributed by atoms with E-state index in [1.165, 1.54) is 24.3 Å². The van der Waals surface area contributed by atoms with Crippen LogP contribution in [0.4, 0.5) is 11.4 Å². The molecule has 0 radical (unpaired) electrons. The first-order valence-electron chi connectivity index (χ1n) is 8.42. The van der Waals surface area contributed by atoms with Gasteiger partial charge in [0.05, 0.1) is 4.92 Å².